The number of rotatable bonds is 4. The molecule has 3 N–H and O–H groups in total. The van der Waals surface area contributed by atoms with Gasteiger partial charge in [0.05, 0.1) is 6.04 Å². The van der Waals surface area contributed by atoms with Crippen LogP contribution in [-0.2, 0) is 0 Å². The average Bonchev–Trinajstić information content (AvgIpc) is 3.08. The maximum Gasteiger partial charge on any atom is 0.0673 e. The molecule has 19 heavy (non-hydrogen) atoms. The van der Waals surface area contributed by atoms with Gasteiger partial charge in [-0.1, -0.05) is 36.4 Å². The number of benzene rings is 1. The van der Waals surface area contributed by atoms with E-state index in [0.29, 0.717) is 18.1 Å². The van der Waals surface area contributed by atoms with E-state index < -0.39 is 0 Å². The predicted molar refractivity (Wildman–Crippen MR) is 81.4 cm³/mol. The molecule has 3 atom stereocenters. The Hall–Kier alpha value is -1.16. The second kappa shape index (κ2) is 5.87. The topological polar surface area (TPSA) is 38.0 Å². The minimum absolute atomic E-state index is 0.302. The van der Waals surface area contributed by atoms with Crippen molar-refractivity contribution >= 4 is 11.3 Å². The summed E-state index contributed by atoms with van der Waals surface area (Å²) in [5.41, 5.74) is 7.36. The largest absolute Gasteiger partial charge is 0.328 e. The summed E-state index contributed by atoms with van der Waals surface area (Å²) in [5.74, 6) is 0. The third kappa shape index (κ3) is 3.06. The predicted octanol–water partition coefficient (Wildman–Crippen LogP) is 3.31. The van der Waals surface area contributed by atoms with E-state index in [4.69, 9.17) is 5.73 Å². The molecular weight excluding hydrogens is 252 g/mol. The van der Waals surface area contributed by atoms with Gasteiger partial charge in [0.2, 0.25) is 0 Å². The van der Waals surface area contributed by atoms with Crippen molar-refractivity contribution < 1.29 is 0 Å². The second-order valence-corrected chi connectivity index (χ2v) is 6.28. The van der Waals surface area contributed by atoms with Crippen LogP contribution in [0.25, 0.3) is 0 Å². The molecule has 1 aromatic heterocycles. The molecule has 0 bridgehead atoms. The highest BCUT2D eigenvalue weighted by Crippen LogP contribution is 2.29. The van der Waals surface area contributed by atoms with E-state index in [9.17, 15) is 0 Å². The van der Waals surface area contributed by atoms with Crippen LogP contribution in [0.4, 0.5) is 0 Å². The highest BCUT2D eigenvalue weighted by Gasteiger charge is 2.25. The van der Waals surface area contributed by atoms with Crippen LogP contribution >= 0.6 is 11.3 Å². The lowest BCUT2D eigenvalue weighted by Gasteiger charge is -2.22. The third-order valence-corrected chi connectivity index (χ3v) is 4.77. The van der Waals surface area contributed by atoms with Gasteiger partial charge in [-0.2, -0.15) is 0 Å². The summed E-state index contributed by atoms with van der Waals surface area (Å²) in [6, 6.07) is 16.2. The normalized spacial score (nSPS) is 24.5. The SMILES string of the molecule is NC1CCC(NC(c2ccccc2)c2cccs2)C1. The Morgan fingerprint density at radius 2 is 1.95 bits per heavy atom. The van der Waals surface area contributed by atoms with Crippen molar-refractivity contribution in [2.75, 3.05) is 0 Å². The molecule has 0 saturated heterocycles. The zero-order valence-electron chi connectivity index (χ0n) is 11.0. The highest BCUT2D eigenvalue weighted by molar-refractivity contribution is 7.10. The first-order chi connectivity index (χ1) is 9.33. The lowest BCUT2D eigenvalue weighted by molar-refractivity contribution is 0.477. The van der Waals surface area contributed by atoms with E-state index >= 15 is 0 Å². The molecule has 1 aliphatic carbocycles. The van der Waals surface area contributed by atoms with Gasteiger partial charge >= 0.3 is 0 Å². The first-order valence-corrected chi connectivity index (χ1v) is 7.81. The van der Waals surface area contributed by atoms with Crippen molar-refractivity contribution in [1.82, 2.24) is 5.32 Å². The zero-order chi connectivity index (χ0) is 13.1. The van der Waals surface area contributed by atoms with Crippen LogP contribution in [0.3, 0.4) is 0 Å². The summed E-state index contributed by atoms with van der Waals surface area (Å²) >= 11 is 1.82. The first kappa shape index (κ1) is 12.9. The molecule has 0 amide bonds. The Morgan fingerprint density at radius 3 is 2.58 bits per heavy atom. The third-order valence-electron chi connectivity index (χ3n) is 3.84. The number of nitrogens with two attached hydrogens (primary N) is 1. The average molecular weight is 272 g/mol. The van der Waals surface area contributed by atoms with Crippen molar-refractivity contribution in [3.63, 3.8) is 0 Å². The zero-order valence-corrected chi connectivity index (χ0v) is 11.8. The second-order valence-electron chi connectivity index (χ2n) is 5.30. The molecule has 3 rings (SSSR count). The van der Waals surface area contributed by atoms with Crippen LogP contribution in [0.1, 0.15) is 35.7 Å². The Labute approximate surface area is 118 Å². The first-order valence-electron chi connectivity index (χ1n) is 6.93. The van der Waals surface area contributed by atoms with Gasteiger partial charge in [0.1, 0.15) is 0 Å². The van der Waals surface area contributed by atoms with Gasteiger partial charge in [-0.05, 0) is 36.3 Å². The van der Waals surface area contributed by atoms with Gasteiger partial charge in [-0.15, -0.1) is 11.3 Å². The Bertz CT molecular complexity index is 495. The summed E-state index contributed by atoms with van der Waals surface area (Å²) in [4.78, 5) is 1.38. The summed E-state index contributed by atoms with van der Waals surface area (Å²) in [6.07, 6.45) is 3.42. The summed E-state index contributed by atoms with van der Waals surface area (Å²) in [7, 11) is 0. The lowest BCUT2D eigenvalue weighted by Crippen LogP contribution is -2.32. The van der Waals surface area contributed by atoms with E-state index in [-0.39, 0.29) is 0 Å². The van der Waals surface area contributed by atoms with Crippen LogP contribution < -0.4 is 11.1 Å². The van der Waals surface area contributed by atoms with E-state index in [2.05, 4.69) is 53.2 Å². The molecule has 2 nitrogen and oxygen atoms in total. The molecule has 1 saturated carbocycles. The Balaban J connectivity index is 1.81. The standard InChI is InChI=1S/C16H20N2S/c17-13-8-9-14(11-13)18-16(15-7-4-10-19-15)12-5-2-1-3-6-12/h1-7,10,13-14,16,18H,8-9,11,17H2. The smallest absolute Gasteiger partial charge is 0.0673 e. The molecule has 1 aliphatic rings. The molecule has 0 radical (unpaired) electrons. The number of hydrogen-bond donors (Lipinski definition) is 2. The van der Waals surface area contributed by atoms with Crippen LogP contribution in [-0.4, -0.2) is 12.1 Å². The number of nitrogens with one attached hydrogen (secondary N) is 1. The van der Waals surface area contributed by atoms with E-state index in [0.717, 1.165) is 12.8 Å². The van der Waals surface area contributed by atoms with Crippen LogP contribution in [0, 0.1) is 0 Å². The van der Waals surface area contributed by atoms with E-state index in [1.165, 1.54) is 16.9 Å². The van der Waals surface area contributed by atoms with Crippen molar-refractivity contribution in [3.05, 3.63) is 58.3 Å². The number of thiophene rings is 1. The van der Waals surface area contributed by atoms with Gasteiger partial charge in [0.25, 0.3) is 0 Å². The quantitative estimate of drug-likeness (QED) is 0.896. The van der Waals surface area contributed by atoms with Crippen LogP contribution in [0.2, 0.25) is 0 Å². The fourth-order valence-electron chi connectivity index (χ4n) is 2.85. The van der Waals surface area contributed by atoms with Crippen molar-refractivity contribution in [2.45, 2.75) is 37.4 Å². The minimum Gasteiger partial charge on any atom is -0.328 e. The molecule has 3 heteroatoms. The van der Waals surface area contributed by atoms with E-state index in [1.807, 2.05) is 11.3 Å². The van der Waals surface area contributed by atoms with Gasteiger partial charge in [0, 0.05) is 17.0 Å². The van der Waals surface area contributed by atoms with Gasteiger partial charge < -0.3 is 11.1 Å². The molecule has 0 aliphatic heterocycles. The van der Waals surface area contributed by atoms with Crippen LogP contribution in [0.5, 0.6) is 0 Å². The molecule has 1 fully saturated rings. The summed E-state index contributed by atoms with van der Waals surface area (Å²) < 4.78 is 0. The maximum atomic E-state index is 6.02. The monoisotopic (exact) mass is 272 g/mol. The van der Waals surface area contributed by atoms with Gasteiger partial charge in [-0.25, -0.2) is 0 Å². The molecule has 3 unspecified atom stereocenters. The van der Waals surface area contributed by atoms with E-state index in [1.54, 1.807) is 0 Å². The minimum atomic E-state index is 0.302. The van der Waals surface area contributed by atoms with Crippen molar-refractivity contribution in [2.24, 2.45) is 5.73 Å². The van der Waals surface area contributed by atoms with Crippen LogP contribution in [0.15, 0.2) is 47.8 Å². The molecule has 2 aromatic rings. The number of hydrogen-bond acceptors (Lipinski definition) is 3. The molecular formula is C16H20N2S. The van der Waals surface area contributed by atoms with Crippen molar-refractivity contribution in [3.8, 4) is 0 Å². The fraction of sp³-hybridized carbons (Fsp3) is 0.375. The fourth-order valence-corrected chi connectivity index (χ4v) is 3.66. The molecule has 1 aromatic carbocycles. The van der Waals surface area contributed by atoms with Crippen molar-refractivity contribution in [1.29, 1.82) is 0 Å². The van der Waals surface area contributed by atoms with Gasteiger partial charge in [0.15, 0.2) is 0 Å². The summed E-state index contributed by atoms with van der Waals surface area (Å²) in [5, 5.41) is 5.94. The summed E-state index contributed by atoms with van der Waals surface area (Å²) in [6.45, 7) is 0. The van der Waals surface area contributed by atoms with Gasteiger partial charge in [-0.3, -0.25) is 0 Å². The highest BCUT2D eigenvalue weighted by atomic mass is 32.1. The molecule has 100 valence electrons. The molecule has 1 heterocycles. The maximum absolute atomic E-state index is 6.02. The lowest BCUT2D eigenvalue weighted by atomic mass is 10.0. The Morgan fingerprint density at radius 1 is 1.11 bits per heavy atom. The Kier molecular flexibility index (Phi) is 3.97. The molecule has 0 spiro atoms.